The Balaban J connectivity index is 2.97. The van der Waals surface area contributed by atoms with E-state index in [0.29, 0.717) is 0 Å². The molecule has 1 aromatic rings. The van der Waals surface area contributed by atoms with E-state index in [4.69, 9.17) is 0 Å². The van der Waals surface area contributed by atoms with Gasteiger partial charge in [-0.2, -0.15) is 13.2 Å². The first-order valence-corrected chi connectivity index (χ1v) is 5.46. The zero-order valence-corrected chi connectivity index (χ0v) is 10.1. The molecule has 6 heteroatoms. The number of likely N-dealkylation sites (N-methyl/N-ethyl adjacent to an activating group) is 1. The van der Waals surface area contributed by atoms with Crippen LogP contribution < -0.4 is 5.32 Å². The van der Waals surface area contributed by atoms with Gasteiger partial charge in [-0.3, -0.25) is 0 Å². The lowest BCUT2D eigenvalue weighted by molar-refractivity contribution is -0.138. The van der Waals surface area contributed by atoms with Crippen LogP contribution in [-0.4, -0.2) is 29.9 Å². The maximum atomic E-state index is 12.5. The summed E-state index contributed by atoms with van der Waals surface area (Å²) in [6.45, 7) is 1.48. The average molecular weight is 263 g/mol. The van der Waals surface area contributed by atoms with Gasteiger partial charge in [-0.25, -0.2) is 0 Å². The molecule has 1 aromatic carbocycles. The first-order chi connectivity index (χ1) is 8.27. The van der Waals surface area contributed by atoms with Crippen LogP contribution in [0.3, 0.4) is 0 Å². The molecule has 0 heterocycles. The van der Waals surface area contributed by atoms with Crippen LogP contribution in [0.15, 0.2) is 18.2 Å². The number of rotatable bonds is 4. The van der Waals surface area contributed by atoms with E-state index >= 15 is 0 Å². The van der Waals surface area contributed by atoms with Crippen molar-refractivity contribution in [1.29, 1.82) is 0 Å². The molecule has 2 unspecified atom stereocenters. The van der Waals surface area contributed by atoms with Crippen LogP contribution in [0.4, 0.5) is 13.2 Å². The van der Waals surface area contributed by atoms with E-state index in [0.717, 1.165) is 6.07 Å². The Hall–Kier alpha value is -1.11. The van der Waals surface area contributed by atoms with Crippen molar-refractivity contribution in [3.05, 3.63) is 34.9 Å². The third-order valence-electron chi connectivity index (χ3n) is 2.68. The Morgan fingerprint density at radius 1 is 1.28 bits per heavy atom. The van der Waals surface area contributed by atoms with Crippen LogP contribution in [0.5, 0.6) is 0 Å². The number of aliphatic hydroxyl groups is 2. The van der Waals surface area contributed by atoms with Crippen molar-refractivity contribution < 1.29 is 23.4 Å². The van der Waals surface area contributed by atoms with Crippen molar-refractivity contribution in [3.63, 3.8) is 0 Å². The van der Waals surface area contributed by atoms with Crippen molar-refractivity contribution in [2.45, 2.75) is 25.3 Å². The number of aryl methyl sites for hydroxylation is 1. The van der Waals surface area contributed by atoms with Crippen molar-refractivity contribution in [2.24, 2.45) is 0 Å². The second-order valence-corrected chi connectivity index (χ2v) is 4.14. The summed E-state index contributed by atoms with van der Waals surface area (Å²) in [4.78, 5) is 0. The topological polar surface area (TPSA) is 52.5 Å². The van der Waals surface area contributed by atoms with E-state index < -0.39 is 23.9 Å². The van der Waals surface area contributed by atoms with Crippen molar-refractivity contribution >= 4 is 0 Å². The summed E-state index contributed by atoms with van der Waals surface area (Å²) in [5, 5.41) is 22.0. The fourth-order valence-corrected chi connectivity index (χ4v) is 1.73. The van der Waals surface area contributed by atoms with Gasteiger partial charge < -0.3 is 15.5 Å². The fraction of sp³-hybridized carbons (Fsp3) is 0.500. The Morgan fingerprint density at radius 3 is 2.33 bits per heavy atom. The van der Waals surface area contributed by atoms with Gasteiger partial charge in [-0.1, -0.05) is 12.1 Å². The van der Waals surface area contributed by atoms with Gasteiger partial charge >= 0.3 is 6.18 Å². The third kappa shape index (κ3) is 3.44. The lowest BCUT2D eigenvalue weighted by Gasteiger charge is -2.19. The monoisotopic (exact) mass is 263 g/mol. The fourth-order valence-electron chi connectivity index (χ4n) is 1.73. The number of hydrogen-bond donors (Lipinski definition) is 3. The molecule has 0 aliphatic rings. The van der Waals surface area contributed by atoms with Crippen molar-refractivity contribution in [1.82, 2.24) is 5.32 Å². The summed E-state index contributed by atoms with van der Waals surface area (Å²) in [5.74, 6) is 0. The van der Waals surface area contributed by atoms with Crippen LogP contribution in [0.25, 0.3) is 0 Å². The van der Waals surface area contributed by atoms with E-state index in [1.54, 1.807) is 7.05 Å². The maximum absolute atomic E-state index is 12.5. The first kappa shape index (κ1) is 14.9. The molecule has 0 aromatic heterocycles. The van der Waals surface area contributed by atoms with E-state index in [2.05, 4.69) is 5.32 Å². The minimum Gasteiger partial charge on any atom is -0.389 e. The second kappa shape index (κ2) is 5.69. The molecule has 0 saturated heterocycles. The molecule has 0 aliphatic carbocycles. The van der Waals surface area contributed by atoms with Gasteiger partial charge in [-0.15, -0.1) is 0 Å². The SMILES string of the molecule is CNCC(O)C(O)c1ccc(C(F)(F)F)c(C)c1. The number of hydrogen-bond acceptors (Lipinski definition) is 3. The number of halogens is 3. The summed E-state index contributed by atoms with van der Waals surface area (Å²) in [6.07, 6.45) is -6.68. The molecule has 3 N–H and O–H groups in total. The second-order valence-electron chi connectivity index (χ2n) is 4.14. The molecule has 0 radical (unpaired) electrons. The molecule has 102 valence electrons. The Kier molecular flexibility index (Phi) is 4.72. The summed E-state index contributed by atoms with van der Waals surface area (Å²) < 4.78 is 37.6. The predicted molar refractivity (Wildman–Crippen MR) is 61.1 cm³/mol. The van der Waals surface area contributed by atoms with Gasteiger partial charge in [-0.05, 0) is 31.2 Å². The van der Waals surface area contributed by atoms with Gasteiger partial charge in [0.2, 0.25) is 0 Å². The zero-order valence-electron chi connectivity index (χ0n) is 10.1. The van der Waals surface area contributed by atoms with Crippen LogP contribution in [0.2, 0.25) is 0 Å². The van der Waals surface area contributed by atoms with Gasteiger partial charge in [0.25, 0.3) is 0 Å². The molecule has 0 amide bonds. The van der Waals surface area contributed by atoms with Crippen molar-refractivity contribution in [3.8, 4) is 0 Å². The molecule has 2 atom stereocenters. The van der Waals surface area contributed by atoms with Gasteiger partial charge in [0.1, 0.15) is 6.10 Å². The minimum absolute atomic E-state index is 0.0238. The van der Waals surface area contributed by atoms with Gasteiger partial charge in [0.05, 0.1) is 11.7 Å². The summed E-state index contributed by atoms with van der Waals surface area (Å²) >= 11 is 0. The van der Waals surface area contributed by atoms with Crippen LogP contribution in [-0.2, 0) is 6.18 Å². The highest BCUT2D eigenvalue weighted by Gasteiger charge is 2.32. The first-order valence-electron chi connectivity index (χ1n) is 5.46. The number of nitrogens with one attached hydrogen (secondary N) is 1. The molecule has 0 fully saturated rings. The largest absolute Gasteiger partial charge is 0.416 e. The molecular weight excluding hydrogens is 247 g/mol. The van der Waals surface area contributed by atoms with Gasteiger partial charge in [0, 0.05) is 6.54 Å². The molecule has 0 bridgehead atoms. The molecule has 0 saturated carbocycles. The maximum Gasteiger partial charge on any atom is 0.416 e. The van der Waals surface area contributed by atoms with E-state index in [1.165, 1.54) is 19.1 Å². The standard InChI is InChI=1S/C12H16F3NO2/c1-7-5-8(11(18)10(17)6-16-2)3-4-9(7)12(13,14)15/h3-5,10-11,16-18H,6H2,1-2H3. The lowest BCUT2D eigenvalue weighted by atomic mass is 9.98. The molecule has 18 heavy (non-hydrogen) atoms. The Bertz CT molecular complexity index is 407. The highest BCUT2D eigenvalue weighted by atomic mass is 19.4. The van der Waals surface area contributed by atoms with E-state index in [9.17, 15) is 23.4 Å². The summed E-state index contributed by atoms with van der Waals surface area (Å²) in [5.41, 5.74) is -0.444. The van der Waals surface area contributed by atoms with E-state index in [-0.39, 0.29) is 17.7 Å². The normalized spacial score (nSPS) is 15.5. The Morgan fingerprint density at radius 2 is 1.89 bits per heavy atom. The number of alkyl halides is 3. The average Bonchev–Trinajstić information content (AvgIpc) is 2.26. The summed E-state index contributed by atoms with van der Waals surface area (Å²) in [6, 6.07) is 3.34. The van der Waals surface area contributed by atoms with Crippen LogP contribution in [0, 0.1) is 6.92 Å². The molecule has 0 spiro atoms. The minimum atomic E-state index is -4.41. The Labute approximate surface area is 103 Å². The molecular formula is C12H16F3NO2. The highest BCUT2D eigenvalue weighted by molar-refractivity contribution is 5.34. The zero-order chi connectivity index (χ0) is 13.9. The highest BCUT2D eigenvalue weighted by Crippen LogP contribution is 2.33. The molecule has 1 rings (SSSR count). The summed E-state index contributed by atoms with van der Waals surface area (Å²) in [7, 11) is 1.61. The third-order valence-corrected chi connectivity index (χ3v) is 2.68. The van der Waals surface area contributed by atoms with Crippen LogP contribution in [0.1, 0.15) is 22.8 Å². The molecule has 3 nitrogen and oxygen atoms in total. The van der Waals surface area contributed by atoms with Gasteiger partial charge in [0.15, 0.2) is 0 Å². The smallest absolute Gasteiger partial charge is 0.389 e. The van der Waals surface area contributed by atoms with E-state index in [1.807, 2.05) is 0 Å². The number of aliphatic hydroxyl groups excluding tert-OH is 2. The number of benzene rings is 1. The lowest BCUT2D eigenvalue weighted by Crippen LogP contribution is -2.29. The van der Waals surface area contributed by atoms with Crippen molar-refractivity contribution in [2.75, 3.05) is 13.6 Å². The molecule has 0 aliphatic heterocycles. The predicted octanol–water partition coefficient (Wildman–Crippen LogP) is 1.63. The quantitative estimate of drug-likeness (QED) is 0.774. The van der Waals surface area contributed by atoms with Crippen LogP contribution >= 0.6 is 0 Å².